The van der Waals surface area contributed by atoms with E-state index in [9.17, 15) is 0 Å². The number of hydrogen-bond acceptors (Lipinski definition) is 5. The van der Waals surface area contributed by atoms with Crippen molar-refractivity contribution >= 4 is 28.8 Å². The van der Waals surface area contributed by atoms with Gasteiger partial charge in [0.1, 0.15) is 11.6 Å². The third-order valence-corrected chi connectivity index (χ3v) is 3.60. The van der Waals surface area contributed by atoms with Crippen LogP contribution in [-0.2, 0) is 13.1 Å². The lowest BCUT2D eigenvalue weighted by atomic mass is 10.4. The average molecular weight is 283 g/mol. The summed E-state index contributed by atoms with van der Waals surface area (Å²) in [4.78, 5) is 11.9. The lowest BCUT2D eigenvalue weighted by Gasteiger charge is -2.14. The van der Waals surface area contributed by atoms with E-state index in [2.05, 4.69) is 14.9 Å². The summed E-state index contributed by atoms with van der Waals surface area (Å²) in [6.07, 6.45) is 0. The van der Waals surface area contributed by atoms with Gasteiger partial charge in [0.15, 0.2) is 0 Å². The molecule has 0 fully saturated rings. The van der Waals surface area contributed by atoms with Crippen molar-refractivity contribution in [3.63, 3.8) is 0 Å². The van der Waals surface area contributed by atoms with E-state index in [4.69, 9.17) is 17.3 Å². The van der Waals surface area contributed by atoms with Crippen molar-refractivity contribution in [3.8, 4) is 0 Å². The molecule has 0 saturated heterocycles. The van der Waals surface area contributed by atoms with Crippen molar-refractivity contribution in [1.29, 1.82) is 0 Å². The van der Waals surface area contributed by atoms with Gasteiger partial charge in [0, 0.05) is 23.2 Å². The first kappa shape index (κ1) is 13.3. The van der Waals surface area contributed by atoms with Crippen LogP contribution in [0.15, 0.2) is 18.2 Å². The number of aromatic nitrogens is 2. The van der Waals surface area contributed by atoms with Gasteiger partial charge in [0.25, 0.3) is 0 Å². The van der Waals surface area contributed by atoms with Crippen LogP contribution >= 0.6 is 22.9 Å². The maximum atomic E-state index is 5.90. The van der Waals surface area contributed by atoms with Gasteiger partial charge in [-0.2, -0.15) is 0 Å². The van der Waals surface area contributed by atoms with Crippen molar-refractivity contribution in [2.75, 3.05) is 12.8 Å². The molecule has 0 atom stereocenters. The third-order valence-electron chi connectivity index (χ3n) is 2.39. The highest BCUT2D eigenvalue weighted by Gasteiger charge is 2.07. The number of anilines is 1. The molecule has 4 nitrogen and oxygen atoms in total. The molecule has 2 N–H and O–H groups in total. The molecule has 0 spiro atoms. The van der Waals surface area contributed by atoms with Crippen LogP contribution in [0.25, 0.3) is 0 Å². The van der Waals surface area contributed by atoms with E-state index in [1.54, 1.807) is 17.4 Å². The SMILES string of the molecule is Cc1cc(N)nc(CN(C)Cc2ccc(Cl)s2)n1. The number of aryl methyl sites for hydroxylation is 1. The minimum atomic E-state index is 0.519. The van der Waals surface area contributed by atoms with E-state index in [1.807, 2.05) is 26.1 Å². The molecule has 0 saturated carbocycles. The van der Waals surface area contributed by atoms with Gasteiger partial charge >= 0.3 is 0 Å². The predicted molar refractivity (Wildman–Crippen MR) is 75.7 cm³/mol. The Morgan fingerprint density at radius 2 is 2.11 bits per heavy atom. The Balaban J connectivity index is 2.00. The third kappa shape index (κ3) is 3.66. The average Bonchev–Trinajstić information content (AvgIpc) is 2.61. The molecule has 0 aromatic carbocycles. The molecule has 96 valence electrons. The smallest absolute Gasteiger partial charge is 0.144 e. The summed E-state index contributed by atoms with van der Waals surface area (Å²) in [6.45, 7) is 3.41. The second-order valence-corrected chi connectivity index (χ2v) is 6.03. The molecule has 2 aromatic rings. The zero-order valence-electron chi connectivity index (χ0n) is 10.4. The molecule has 0 aliphatic carbocycles. The fourth-order valence-electron chi connectivity index (χ4n) is 1.73. The minimum absolute atomic E-state index is 0.519. The summed E-state index contributed by atoms with van der Waals surface area (Å²) >= 11 is 7.50. The normalized spacial score (nSPS) is 11.1. The Labute approximate surface area is 115 Å². The first-order chi connectivity index (χ1) is 8.52. The standard InChI is InChI=1S/C12H15ClN4S/c1-8-5-11(14)16-12(15-8)7-17(2)6-9-3-4-10(13)18-9/h3-5H,6-7H2,1-2H3,(H2,14,15,16). The van der Waals surface area contributed by atoms with E-state index in [0.29, 0.717) is 12.4 Å². The minimum Gasteiger partial charge on any atom is -0.384 e. The number of rotatable bonds is 4. The Kier molecular flexibility index (Phi) is 4.16. The zero-order chi connectivity index (χ0) is 13.1. The van der Waals surface area contributed by atoms with Gasteiger partial charge < -0.3 is 5.73 Å². The predicted octanol–water partition coefficient (Wildman–Crippen LogP) is 2.71. The number of nitrogen functional groups attached to an aromatic ring is 1. The lowest BCUT2D eigenvalue weighted by Crippen LogP contribution is -2.19. The summed E-state index contributed by atoms with van der Waals surface area (Å²) in [5.41, 5.74) is 6.60. The van der Waals surface area contributed by atoms with Crippen LogP contribution < -0.4 is 5.73 Å². The van der Waals surface area contributed by atoms with Gasteiger partial charge in [0.05, 0.1) is 10.9 Å². The monoisotopic (exact) mass is 282 g/mol. The Bertz CT molecular complexity index is 520. The van der Waals surface area contributed by atoms with Gasteiger partial charge in [-0.1, -0.05) is 11.6 Å². The van der Waals surface area contributed by atoms with Gasteiger partial charge in [-0.3, -0.25) is 4.90 Å². The van der Waals surface area contributed by atoms with E-state index >= 15 is 0 Å². The highest BCUT2D eigenvalue weighted by molar-refractivity contribution is 7.16. The fourth-order valence-corrected chi connectivity index (χ4v) is 2.89. The molecule has 0 amide bonds. The molecule has 6 heteroatoms. The molecule has 0 aliphatic heterocycles. The molecule has 0 aliphatic rings. The maximum Gasteiger partial charge on any atom is 0.144 e. The molecule has 0 radical (unpaired) electrons. The molecule has 2 aromatic heterocycles. The van der Waals surface area contributed by atoms with E-state index in [-0.39, 0.29) is 0 Å². The lowest BCUT2D eigenvalue weighted by molar-refractivity contribution is 0.313. The molecule has 18 heavy (non-hydrogen) atoms. The molecule has 2 rings (SSSR count). The van der Waals surface area contributed by atoms with Crippen LogP contribution in [-0.4, -0.2) is 21.9 Å². The summed E-state index contributed by atoms with van der Waals surface area (Å²) in [6, 6.07) is 5.72. The number of nitrogens with two attached hydrogens (primary N) is 1. The second-order valence-electron chi connectivity index (χ2n) is 4.23. The van der Waals surface area contributed by atoms with Crippen molar-refractivity contribution in [3.05, 3.63) is 38.9 Å². The molecule has 0 unspecified atom stereocenters. The summed E-state index contributed by atoms with van der Waals surface area (Å²) in [5.74, 6) is 1.27. The summed E-state index contributed by atoms with van der Waals surface area (Å²) in [7, 11) is 2.02. The maximum absolute atomic E-state index is 5.90. The van der Waals surface area contributed by atoms with E-state index in [0.717, 1.165) is 22.4 Å². The fraction of sp³-hybridized carbons (Fsp3) is 0.333. The van der Waals surface area contributed by atoms with Crippen LogP contribution in [0, 0.1) is 6.92 Å². The molecular weight excluding hydrogens is 268 g/mol. The number of halogens is 1. The van der Waals surface area contributed by atoms with Gasteiger partial charge in [0.2, 0.25) is 0 Å². The molecular formula is C12H15ClN4S. The summed E-state index contributed by atoms with van der Waals surface area (Å²) < 4.78 is 0.814. The first-order valence-electron chi connectivity index (χ1n) is 5.56. The molecule has 2 heterocycles. The van der Waals surface area contributed by atoms with Gasteiger partial charge in [-0.05, 0) is 26.1 Å². The topological polar surface area (TPSA) is 55.0 Å². The highest BCUT2D eigenvalue weighted by Crippen LogP contribution is 2.22. The van der Waals surface area contributed by atoms with Crippen molar-refractivity contribution in [2.24, 2.45) is 0 Å². The van der Waals surface area contributed by atoms with E-state index in [1.165, 1.54) is 4.88 Å². The Morgan fingerprint density at radius 3 is 2.72 bits per heavy atom. The zero-order valence-corrected chi connectivity index (χ0v) is 11.9. The van der Waals surface area contributed by atoms with Gasteiger partial charge in [-0.15, -0.1) is 11.3 Å². The van der Waals surface area contributed by atoms with Crippen LogP contribution in [0.4, 0.5) is 5.82 Å². The number of thiophene rings is 1. The van der Waals surface area contributed by atoms with E-state index < -0.39 is 0 Å². The highest BCUT2D eigenvalue weighted by atomic mass is 35.5. The summed E-state index contributed by atoms with van der Waals surface area (Å²) in [5, 5.41) is 0. The largest absolute Gasteiger partial charge is 0.384 e. The first-order valence-corrected chi connectivity index (χ1v) is 6.75. The Hall–Kier alpha value is -1.17. The van der Waals surface area contributed by atoms with Crippen LogP contribution in [0.3, 0.4) is 0 Å². The quantitative estimate of drug-likeness (QED) is 0.937. The second kappa shape index (κ2) is 5.65. The van der Waals surface area contributed by atoms with Crippen molar-refractivity contribution < 1.29 is 0 Å². The molecule has 0 bridgehead atoms. The van der Waals surface area contributed by atoms with Crippen LogP contribution in [0.2, 0.25) is 4.34 Å². The van der Waals surface area contributed by atoms with Crippen LogP contribution in [0.5, 0.6) is 0 Å². The van der Waals surface area contributed by atoms with Crippen LogP contribution in [0.1, 0.15) is 16.4 Å². The number of nitrogens with zero attached hydrogens (tertiary/aromatic N) is 3. The number of hydrogen-bond donors (Lipinski definition) is 1. The van der Waals surface area contributed by atoms with Gasteiger partial charge in [-0.25, -0.2) is 9.97 Å². The van der Waals surface area contributed by atoms with Crippen molar-refractivity contribution in [1.82, 2.24) is 14.9 Å². The van der Waals surface area contributed by atoms with Crippen molar-refractivity contribution in [2.45, 2.75) is 20.0 Å². The Morgan fingerprint density at radius 1 is 1.33 bits per heavy atom.